The molecular weight excluding hydrogens is 1410 g/mol. The van der Waals surface area contributed by atoms with Gasteiger partial charge in [0.25, 0.3) is 0 Å². The van der Waals surface area contributed by atoms with Gasteiger partial charge in [0, 0.05) is 49.4 Å². The number of nitrogens with zero attached hydrogens (tertiary/aromatic N) is 1. The molecule has 0 amide bonds. The average Bonchev–Trinajstić information content (AvgIpc) is 1.51. The second kappa shape index (κ2) is 26.2. The van der Waals surface area contributed by atoms with E-state index in [0.717, 1.165) is 33.5 Å². The van der Waals surface area contributed by atoms with Gasteiger partial charge in [-0.1, -0.05) is 379 Å². The quantitative estimate of drug-likeness (QED) is 0.171. The first-order valence-electron chi connectivity index (χ1n) is 40.2. The third kappa shape index (κ3) is 10.1. The highest BCUT2D eigenvalue weighted by atomic mass is 35.5. The van der Waals surface area contributed by atoms with Crippen molar-refractivity contribution in [1.82, 2.24) is 0 Å². The number of fused-ring (bicyclic) bond motifs is 28. The summed E-state index contributed by atoms with van der Waals surface area (Å²) in [6.07, 6.45) is 0. The van der Waals surface area contributed by atoms with E-state index < -0.39 is 5.41 Å². The number of hydrogen-bond acceptors (Lipinski definition) is 2. The van der Waals surface area contributed by atoms with Gasteiger partial charge in [0.2, 0.25) is 0 Å². The number of benzene rings is 18. The van der Waals surface area contributed by atoms with Crippen molar-refractivity contribution in [3.8, 4) is 89.0 Å². The Morgan fingerprint density at radius 3 is 1.01 bits per heavy atom. The second-order valence-electron chi connectivity index (χ2n) is 32.6. The van der Waals surface area contributed by atoms with Crippen molar-refractivity contribution < 1.29 is 0 Å². The van der Waals surface area contributed by atoms with Crippen LogP contribution < -0.4 is 10.2 Å². The molecule has 6 aliphatic rings. The summed E-state index contributed by atoms with van der Waals surface area (Å²) in [6, 6.07) is 147. The topological polar surface area (TPSA) is 15.3 Å². The number of hydrogen-bond donors (Lipinski definition) is 1. The first-order chi connectivity index (χ1) is 56.5. The Morgan fingerprint density at radius 1 is 0.235 bits per heavy atom. The molecule has 6 aliphatic carbocycles. The van der Waals surface area contributed by atoms with Crippen LogP contribution in [0.15, 0.2) is 400 Å². The Hall–Kier alpha value is -13.6. The molecule has 0 radical (unpaired) electrons. The van der Waals surface area contributed by atoms with Crippen LogP contribution >= 0.6 is 11.6 Å². The second-order valence-corrected chi connectivity index (χ2v) is 33.0. The summed E-state index contributed by atoms with van der Waals surface area (Å²) in [7, 11) is 0. The Morgan fingerprint density at radius 2 is 0.548 bits per heavy atom. The van der Waals surface area contributed by atoms with E-state index in [9.17, 15) is 0 Å². The maximum atomic E-state index is 6.05. The maximum absolute atomic E-state index is 6.05. The first kappa shape index (κ1) is 68.2. The van der Waals surface area contributed by atoms with Crippen molar-refractivity contribution in [3.63, 3.8) is 0 Å². The molecule has 0 fully saturated rings. The molecule has 24 rings (SSSR count). The lowest BCUT2D eigenvalue weighted by molar-refractivity contribution is 0.662. The van der Waals surface area contributed by atoms with Crippen LogP contribution in [0, 0.1) is 0 Å². The summed E-state index contributed by atoms with van der Waals surface area (Å²) < 4.78 is 0. The maximum Gasteiger partial charge on any atom is 0.0726 e. The lowest BCUT2D eigenvalue weighted by atomic mass is 9.70. The predicted octanol–water partition coefficient (Wildman–Crippen LogP) is 29.9. The molecule has 115 heavy (non-hydrogen) atoms. The lowest BCUT2D eigenvalue weighted by Crippen LogP contribution is -2.26. The van der Waals surface area contributed by atoms with Gasteiger partial charge in [0.1, 0.15) is 0 Å². The van der Waals surface area contributed by atoms with Crippen LogP contribution in [0.2, 0.25) is 5.02 Å². The summed E-state index contributed by atoms with van der Waals surface area (Å²) in [5, 5.41) is 9.45. The molecule has 0 saturated carbocycles. The Labute approximate surface area is 677 Å². The van der Waals surface area contributed by atoms with Crippen LogP contribution in [0.3, 0.4) is 0 Å². The summed E-state index contributed by atoms with van der Waals surface area (Å²) in [5.41, 5.74) is 42.4. The van der Waals surface area contributed by atoms with Gasteiger partial charge in [-0.2, -0.15) is 0 Å². The van der Waals surface area contributed by atoms with Gasteiger partial charge in [0.15, 0.2) is 0 Å². The van der Waals surface area contributed by atoms with Gasteiger partial charge in [-0.05, 0) is 227 Å². The largest absolute Gasteiger partial charge is 0.355 e. The van der Waals surface area contributed by atoms with Gasteiger partial charge < -0.3 is 10.2 Å². The normalized spacial score (nSPS) is 14.2. The van der Waals surface area contributed by atoms with Crippen molar-refractivity contribution >= 4 is 61.6 Å². The molecular formula is C112H79ClN2. The summed E-state index contributed by atoms with van der Waals surface area (Å²) in [4.78, 5) is 2.48. The highest BCUT2D eigenvalue weighted by molar-refractivity contribution is 6.30. The van der Waals surface area contributed by atoms with Crippen LogP contribution in [0.1, 0.15) is 94.5 Å². The average molecular weight is 1490 g/mol. The molecule has 0 heterocycles. The van der Waals surface area contributed by atoms with E-state index in [1.54, 1.807) is 0 Å². The first-order valence-corrected chi connectivity index (χ1v) is 40.6. The molecule has 18 aromatic carbocycles. The summed E-state index contributed by atoms with van der Waals surface area (Å²) in [6.45, 7) is 9.38. The standard InChI is InChI=1S/C56H39N.C35H23N.C21H17Cl/c1-55(2)48-24-9-5-21-45(48)47-23-14-22-41(54(47)55)37-29-31-38(32-30-37)57(53-28-13-16-36-15-3-4-17-40(36)53)39-33-34-46-44-20-8-12-27-51(44)56(52(46)35-39)49-25-10-6-18-42(49)43-19-7-11-26-50(43)56;1-2-12-25-23(10-1)11-9-19-34(25)36-24-20-21-29-28-15-5-8-18-32(28)35(33(29)22-24)30-16-6-3-13-26(30)27-14-4-7-17-31(27)35;1-21(2)19-9-4-3-6-17(19)18-8-5-7-16(20(18)21)14-10-12-15(22)13-11-14/h3-35H,1-2H3;1-22,36H;3-13H,1-2H3. The van der Waals surface area contributed by atoms with Crippen LogP contribution in [0.4, 0.5) is 28.4 Å². The Bertz CT molecular complexity index is 6900. The number of halogens is 1. The van der Waals surface area contributed by atoms with Gasteiger partial charge >= 0.3 is 0 Å². The minimum atomic E-state index is -0.415. The fraction of sp³-hybridized carbons (Fsp3) is 0.0714. The van der Waals surface area contributed by atoms with E-state index >= 15 is 0 Å². The molecule has 0 aliphatic heterocycles. The highest BCUT2D eigenvalue weighted by Gasteiger charge is 2.54. The van der Waals surface area contributed by atoms with Crippen LogP contribution in [0.5, 0.6) is 0 Å². The zero-order valence-corrected chi connectivity index (χ0v) is 65.2. The zero-order valence-electron chi connectivity index (χ0n) is 64.4. The van der Waals surface area contributed by atoms with Gasteiger partial charge in [-0.3, -0.25) is 0 Å². The van der Waals surface area contributed by atoms with E-state index in [-0.39, 0.29) is 16.2 Å². The monoisotopic (exact) mass is 1490 g/mol. The minimum absolute atomic E-state index is 0.0160. The van der Waals surface area contributed by atoms with Gasteiger partial charge in [-0.15, -0.1) is 0 Å². The molecule has 0 aromatic heterocycles. The van der Waals surface area contributed by atoms with Crippen LogP contribution in [-0.2, 0) is 21.7 Å². The van der Waals surface area contributed by atoms with E-state index in [2.05, 4.69) is 426 Å². The van der Waals surface area contributed by atoms with E-state index in [4.69, 9.17) is 11.6 Å². The smallest absolute Gasteiger partial charge is 0.0726 e. The highest BCUT2D eigenvalue weighted by Crippen LogP contribution is 2.66. The van der Waals surface area contributed by atoms with Crippen molar-refractivity contribution in [1.29, 1.82) is 0 Å². The third-order valence-electron chi connectivity index (χ3n) is 26.1. The van der Waals surface area contributed by atoms with Crippen molar-refractivity contribution in [2.45, 2.75) is 49.4 Å². The van der Waals surface area contributed by atoms with E-state index in [1.807, 2.05) is 12.1 Å². The molecule has 2 nitrogen and oxygen atoms in total. The van der Waals surface area contributed by atoms with E-state index in [1.165, 1.54) is 177 Å². The zero-order chi connectivity index (χ0) is 76.9. The fourth-order valence-electron chi connectivity index (χ4n) is 21.3. The Balaban J connectivity index is 0.000000117. The molecule has 0 unspecified atom stereocenters. The van der Waals surface area contributed by atoms with Crippen LogP contribution in [0.25, 0.3) is 111 Å². The van der Waals surface area contributed by atoms with E-state index in [0.29, 0.717) is 0 Å². The summed E-state index contributed by atoms with van der Waals surface area (Å²) >= 11 is 6.05. The van der Waals surface area contributed by atoms with Gasteiger partial charge in [-0.25, -0.2) is 0 Å². The minimum Gasteiger partial charge on any atom is -0.355 e. The fourth-order valence-corrected chi connectivity index (χ4v) is 21.4. The number of anilines is 5. The summed E-state index contributed by atoms with van der Waals surface area (Å²) in [5.74, 6) is 0. The van der Waals surface area contributed by atoms with Gasteiger partial charge in [0.05, 0.1) is 16.5 Å². The Kier molecular flexibility index (Phi) is 15.6. The molecule has 0 atom stereocenters. The molecule has 3 heteroatoms. The predicted molar refractivity (Wildman–Crippen MR) is 482 cm³/mol. The van der Waals surface area contributed by atoms with Crippen LogP contribution in [-0.4, -0.2) is 0 Å². The molecule has 18 aromatic rings. The molecule has 0 bridgehead atoms. The molecule has 2 spiro atoms. The lowest BCUT2D eigenvalue weighted by Gasteiger charge is -2.32. The number of rotatable bonds is 7. The van der Waals surface area contributed by atoms with Crippen molar-refractivity contribution in [3.05, 3.63) is 472 Å². The molecule has 0 saturated heterocycles. The number of nitrogens with one attached hydrogen (secondary N) is 1. The SMILES string of the molecule is CC1(C)c2ccccc2-c2cccc(-c3ccc(Cl)cc3)c21.CC1(C)c2ccccc2-c2cccc(-c3ccc(N(c4ccc5c(c4)C4(c6ccccc6-c6ccccc64)c4ccccc4-5)c4cccc5ccccc45)cc3)c21.c1ccc2c(c1)-c1ccccc1C21c2ccccc2-c2ccc(Nc3cccc4ccccc34)cc21. The third-order valence-corrected chi connectivity index (χ3v) is 26.3. The van der Waals surface area contributed by atoms with Crippen molar-refractivity contribution in [2.24, 2.45) is 0 Å². The van der Waals surface area contributed by atoms with Crippen molar-refractivity contribution in [2.75, 3.05) is 10.2 Å². The molecule has 1 N–H and O–H groups in total. The molecule has 544 valence electrons.